The van der Waals surface area contributed by atoms with Crippen LogP contribution in [0.2, 0.25) is 0 Å². The monoisotopic (exact) mass is 302 g/mol. The minimum Gasteiger partial charge on any atom is -0.355 e. The summed E-state index contributed by atoms with van der Waals surface area (Å²) in [6.07, 6.45) is 1.33. The van der Waals surface area contributed by atoms with Gasteiger partial charge in [0, 0.05) is 6.54 Å². The van der Waals surface area contributed by atoms with Gasteiger partial charge in [-0.05, 0) is 26.0 Å². The minimum atomic E-state index is -0.656. The number of likely N-dealkylation sites (N-methyl/N-ethyl adjacent to an activating group) is 1. The number of carbonyl (C=O) groups is 2. The Kier molecular flexibility index (Phi) is 4.88. The molecule has 0 spiro atoms. The average Bonchev–Trinajstić information content (AvgIpc) is 2.50. The molecule has 0 unspecified atom stereocenters. The average molecular weight is 302 g/mol. The summed E-state index contributed by atoms with van der Waals surface area (Å²) >= 11 is 0. The predicted octanol–water partition coefficient (Wildman–Crippen LogP) is 0.0373. The van der Waals surface area contributed by atoms with Crippen LogP contribution in [-0.2, 0) is 16.1 Å². The fraction of sp³-hybridized carbons (Fsp3) is 0.333. The van der Waals surface area contributed by atoms with Gasteiger partial charge >= 0.3 is 0 Å². The molecule has 0 aliphatic rings. The van der Waals surface area contributed by atoms with Crippen molar-refractivity contribution in [3.05, 3.63) is 40.9 Å². The Labute approximate surface area is 127 Å². The van der Waals surface area contributed by atoms with Gasteiger partial charge in [-0.2, -0.15) is 0 Å². The maximum Gasteiger partial charge on any atom is 0.261 e. The van der Waals surface area contributed by atoms with Gasteiger partial charge in [-0.3, -0.25) is 19.0 Å². The Morgan fingerprint density at radius 1 is 1.32 bits per heavy atom. The Bertz CT molecular complexity index is 754. The smallest absolute Gasteiger partial charge is 0.261 e. The molecule has 116 valence electrons. The van der Waals surface area contributed by atoms with E-state index in [2.05, 4.69) is 15.6 Å². The SMILES string of the molecule is CCNC(=O)[C@@H](C)NC(=O)Cn1cnc2ccccc2c1=O. The highest BCUT2D eigenvalue weighted by Crippen LogP contribution is 2.04. The quantitative estimate of drug-likeness (QED) is 0.815. The van der Waals surface area contributed by atoms with Crippen molar-refractivity contribution in [3.63, 3.8) is 0 Å². The fourth-order valence-corrected chi connectivity index (χ4v) is 2.05. The van der Waals surface area contributed by atoms with E-state index < -0.39 is 11.9 Å². The van der Waals surface area contributed by atoms with E-state index in [0.717, 1.165) is 0 Å². The molecule has 2 aromatic rings. The standard InChI is InChI=1S/C15H18N4O3/c1-3-16-14(21)10(2)18-13(20)8-19-9-17-12-7-5-4-6-11(12)15(19)22/h4-7,9-10H,3,8H2,1-2H3,(H,16,21)(H,18,20)/t10-/m1/s1. The molecule has 0 bridgehead atoms. The molecule has 22 heavy (non-hydrogen) atoms. The summed E-state index contributed by atoms with van der Waals surface area (Å²) < 4.78 is 1.22. The molecule has 1 aromatic carbocycles. The van der Waals surface area contributed by atoms with Gasteiger partial charge in [0.25, 0.3) is 5.56 Å². The number of amides is 2. The highest BCUT2D eigenvalue weighted by molar-refractivity contribution is 5.87. The van der Waals surface area contributed by atoms with Crippen molar-refractivity contribution in [2.24, 2.45) is 0 Å². The Hall–Kier alpha value is -2.70. The van der Waals surface area contributed by atoms with Crippen molar-refractivity contribution in [3.8, 4) is 0 Å². The lowest BCUT2D eigenvalue weighted by Crippen LogP contribution is -2.46. The van der Waals surface area contributed by atoms with E-state index >= 15 is 0 Å². The number of rotatable bonds is 5. The number of nitrogens with zero attached hydrogens (tertiary/aromatic N) is 2. The number of fused-ring (bicyclic) bond motifs is 1. The molecule has 2 amide bonds. The number of carbonyl (C=O) groups excluding carboxylic acids is 2. The minimum absolute atomic E-state index is 0.180. The van der Waals surface area contributed by atoms with Gasteiger partial charge in [-0.25, -0.2) is 4.98 Å². The lowest BCUT2D eigenvalue weighted by molar-refractivity contribution is -0.128. The van der Waals surface area contributed by atoms with Crippen LogP contribution in [0.3, 0.4) is 0 Å². The zero-order valence-corrected chi connectivity index (χ0v) is 12.5. The number of para-hydroxylation sites is 1. The van der Waals surface area contributed by atoms with Crippen LogP contribution < -0.4 is 16.2 Å². The maximum atomic E-state index is 12.2. The summed E-state index contributed by atoms with van der Waals surface area (Å²) in [6.45, 7) is 3.70. The van der Waals surface area contributed by atoms with Crippen LogP contribution in [0.15, 0.2) is 35.4 Å². The normalized spacial score (nSPS) is 11.9. The van der Waals surface area contributed by atoms with Crippen LogP contribution >= 0.6 is 0 Å². The van der Waals surface area contributed by atoms with Crippen LogP contribution in [0.25, 0.3) is 10.9 Å². The Balaban J connectivity index is 2.11. The van der Waals surface area contributed by atoms with Crippen LogP contribution in [0.5, 0.6) is 0 Å². The zero-order valence-electron chi connectivity index (χ0n) is 12.5. The van der Waals surface area contributed by atoms with E-state index in [1.807, 2.05) is 0 Å². The van der Waals surface area contributed by atoms with E-state index in [4.69, 9.17) is 0 Å². The molecule has 2 N–H and O–H groups in total. The van der Waals surface area contributed by atoms with Crippen molar-refractivity contribution in [2.45, 2.75) is 26.4 Å². The predicted molar refractivity (Wildman–Crippen MR) is 82.3 cm³/mol. The molecule has 0 radical (unpaired) electrons. The van der Waals surface area contributed by atoms with E-state index in [1.165, 1.54) is 10.9 Å². The number of aromatic nitrogens is 2. The third-order valence-corrected chi connectivity index (χ3v) is 3.17. The van der Waals surface area contributed by atoms with E-state index in [-0.39, 0.29) is 18.0 Å². The van der Waals surface area contributed by atoms with E-state index in [1.54, 1.807) is 38.1 Å². The van der Waals surface area contributed by atoms with Gasteiger partial charge in [0.1, 0.15) is 12.6 Å². The van der Waals surface area contributed by atoms with Gasteiger partial charge < -0.3 is 10.6 Å². The first-order valence-electron chi connectivity index (χ1n) is 7.04. The molecule has 2 rings (SSSR count). The van der Waals surface area contributed by atoms with Crippen LogP contribution in [0, 0.1) is 0 Å². The van der Waals surface area contributed by atoms with E-state index in [9.17, 15) is 14.4 Å². The van der Waals surface area contributed by atoms with Crippen molar-refractivity contribution in [1.29, 1.82) is 0 Å². The molecule has 7 heteroatoms. The number of nitrogens with one attached hydrogen (secondary N) is 2. The molecule has 1 atom stereocenters. The second-order valence-electron chi connectivity index (χ2n) is 4.88. The number of hydrogen-bond donors (Lipinski definition) is 2. The largest absolute Gasteiger partial charge is 0.355 e. The molecule has 0 fully saturated rings. The molecule has 0 aliphatic heterocycles. The fourth-order valence-electron chi connectivity index (χ4n) is 2.05. The highest BCUT2D eigenvalue weighted by atomic mass is 16.2. The molecule has 7 nitrogen and oxygen atoms in total. The zero-order chi connectivity index (χ0) is 16.1. The summed E-state index contributed by atoms with van der Waals surface area (Å²) in [5.74, 6) is -0.683. The molecular weight excluding hydrogens is 284 g/mol. The van der Waals surface area contributed by atoms with Crippen LogP contribution in [0.4, 0.5) is 0 Å². The molecule has 0 saturated heterocycles. The summed E-state index contributed by atoms with van der Waals surface area (Å²) in [5, 5.41) is 5.62. The van der Waals surface area contributed by atoms with Crippen molar-refractivity contribution in [2.75, 3.05) is 6.54 Å². The molecule has 0 aliphatic carbocycles. The Morgan fingerprint density at radius 3 is 2.77 bits per heavy atom. The molecule has 1 heterocycles. The first-order valence-corrected chi connectivity index (χ1v) is 7.04. The molecule has 0 saturated carbocycles. The van der Waals surface area contributed by atoms with Gasteiger partial charge in [0.05, 0.1) is 17.2 Å². The third-order valence-electron chi connectivity index (χ3n) is 3.17. The number of benzene rings is 1. The molecule has 1 aromatic heterocycles. The first-order chi connectivity index (χ1) is 10.5. The van der Waals surface area contributed by atoms with E-state index in [0.29, 0.717) is 17.4 Å². The topological polar surface area (TPSA) is 93.1 Å². The summed E-state index contributed by atoms with van der Waals surface area (Å²) in [5.41, 5.74) is 0.297. The number of hydrogen-bond acceptors (Lipinski definition) is 4. The lowest BCUT2D eigenvalue weighted by Gasteiger charge is -2.14. The van der Waals surface area contributed by atoms with Gasteiger partial charge in [0.2, 0.25) is 11.8 Å². The van der Waals surface area contributed by atoms with Crippen molar-refractivity contribution >= 4 is 22.7 Å². The lowest BCUT2D eigenvalue weighted by atomic mass is 10.2. The molecular formula is C15H18N4O3. The second-order valence-corrected chi connectivity index (χ2v) is 4.88. The van der Waals surface area contributed by atoms with Crippen LogP contribution in [-0.4, -0.2) is 34.0 Å². The maximum absolute atomic E-state index is 12.2. The Morgan fingerprint density at radius 2 is 2.05 bits per heavy atom. The first kappa shape index (κ1) is 15.7. The highest BCUT2D eigenvalue weighted by Gasteiger charge is 2.15. The summed E-state index contributed by atoms with van der Waals surface area (Å²) in [6, 6.07) is 6.28. The third kappa shape index (κ3) is 3.49. The second kappa shape index (κ2) is 6.84. The summed E-state index contributed by atoms with van der Waals surface area (Å²) in [4.78, 5) is 39.9. The summed E-state index contributed by atoms with van der Waals surface area (Å²) in [7, 11) is 0. The van der Waals surface area contributed by atoms with Crippen molar-refractivity contribution in [1.82, 2.24) is 20.2 Å². The van der Waals surface area contributed by atoms with Crippen LogP contribution in [0.1, 0.15) is 13.8 Å². The van der Waals surface area contributed by atoms with Crippen molar-refractivity contribution < 1.29 is 9.59 Å². The van der Waals surface area contributed by atoms with Gasteiger partial charge in [0.15, 0.2) is 0 Å². The van der Waals surface area contributed by atoms with Gasteiger partial charge in [-0.1, -0.05) is 12.1 Å². The van der Waals surface area contributed by atoms with Gasteiger partial charge in [-0.15, -0.1) is 0 Å².